The molecule has 1 saturated carbocycles. The van der Waals surface area contributed by atoms with Gasteiger partial charge in [-0.25, -0.2) is 9.67 Å². The van der Waals surface area contributed by atoms with Gasteiger partial charge in [0.25, 0.3) is 0 Å². The largest absolute Gasteiger partial charge is 0.356 e. The monoisotopic (exact) mass is 352 g/mol. The van der Waals surface area contributed by atoms with Gasteiger partial charge in [0, 0.05) is 26.1 Å². The molecule has 0 amide bonds. The number of hydrogen-bond acceptors (Lipinski definition) is 3. The van der Waals surface area contributed by atoms with Gasteiger partial charge in [-0.15, -0.1) is 0 Å². The molecule has 1 aromatic carbocycles. The van der Waals surface area contributed by atoms with E-state index < -0.39 is 0 Å². The van der Waals surface area contributed by atoms with E-state index in [4.69, 9.17) is 0 Å². The summed E-state index contributed by atoms with van der Waals surface area (Å²) in [5, 5.41) is 11.6. The highest BCUT2D eigenvalue weighted by molar-refractivity contribution is 5.80. The van der Waals surface area contributed by atoms with Crippen molar-refractivity contribution in [1.82, 2.24) is 25.4 Å². The highest BCUT2D eigenvalue weighted by Gasteiger charge is 2.42. The summed E-state index contributed by atoms with van der Waals surface area (Å²) in [6.07, 6.45) is 5.75. The van der Waals surface area contributed by atoms with Crippen molar-refractivity contribution in [2.75, 3.05) is 13.6 Å². The molecular formula is C20H28N6. The molecule has 26 heavy (non-hydrogen) atoms. The quantitative estimate of drug-likeness (QED) is 0.639. The first-order chi connectivity index (χ1) is 12.7. The van der Waals surface area contributed by atoms with E-state index in [0.29, 0.717) is 11.5 Å². The van der Waals surface area contributed by atoms with Crippen LogP contribution in [0, 0.1) is 12.3 Å². The van der Waals surface area contributed by atoms with Crippen LogP contribution in [0.25, 0.3) is 0 Å². The zero-order valence-corrected chi connectivity index (χ0v) is 15.7. The van der Waals surface area contributed by atoms with Gasteiger partial charge in [-0.2, -0.15) is 5.10 Å². The molecule has 1 aromatic heterocycles. The van der Waals surface area contributed by atoms with E-state index in [2.05, 4.69) is 56.0 Å². The van der Waals surface area contributed by atoms with E-state index >= 15 is 0 Å². The highest BCUT2D eigenvalue weighted by Crippen LogP contribution is 2.47. The van der Waals surface area contributed by atoms with E-state index in [0.717, 1.165) is 50.0 Å². The maximum Gasteiger partial charge on any atom is 0.191 e. The number of nitrogens with zero attached hydrogens (tertiary/aromatic N) is 4. The molecule has 1 atom stereocenters. The Labute approximate surface area is 155 Å². The average Bonchev–Trinajstić information content (AvgIpc) is 3.30. The molecule has 1 aliphatic heterocycles. The molecule has 6 nitrogen and oxygen atoms in total. The van der Waals surface area contributed by atoms with Gasteiger partial charge in [-0.05, 0) is 43.6 Å². The zero-order chi connectivity index (χ0) is 18.0. The van der Waals surface area contributed by atoms with Crippen molar-refractivity contribution in [3.63, 3.8) is 0 Å². The summed E-state index contributed by atoms with van der Waals surface area (Å²) in [5.41, 5.74) is 1.82. The Balaban J connectivity index is 1.30. The summed E-state index contributed by atoms with van der Waals surface area (Å²) in [6.45, 7) is 3.78. The number of aryl methyl sites for hydroxylation is 2. The number of guanidine groups is 1. The summed E-state index contributed by atoms with van der Waals surface area (Å²) in [5.74, 6) is 2.86. The maximum absolute atomic E-state index is 4.48. The first-order valence-electron chi connectivity index (χ1n) is 9.57. The van der Waals surface area contributed by atoms with Crippen LogP contribution in [-0.2, 0) is 19.4 Å². The number of rotatable bonds is 5. The number of nitrogens with one attached hydrogen (secondary N) is 2. The van der Waals surface area contributed by atoms with Crippen molar-refractivity contribution in [2.45, 2.75) is 51.6 Å². The molecule has 2 aromatic rings. The molecule has 0 saturated heterocycles. The third-order valence-electron chi connectivity index (χ3n) is 5.54. The molecule has 4 rings (SSSR count). The molecule has 0 spiro atoms. The molecule has 1 fully saturated rings. The van der Waals surface area contributed by atoms with Crippen molar-refractivity contribution in [3.05, 3.63) is 47.5 Å². The van der Waals surface area contributed by atoms with Crippen LogP contribution in [0.2, 0.25) is 0 Å². The van der Waals surface area contributed by atoms with E-state index in [1.54, 1.807) is 0 Å². The normalized spacial score (nSPS) is 21.2. The summed E-state index contributed by atoms with van der Waals surface area (Å²) in [4.78, 5) is 8.91. The maximum atomic E-state index is 4.48. The molecular weight excluding hydrogens is 324 g/mol. The summed E-state index contributed by atoms with van der Waals surface area (Å²) in [7, 11) is 1.85. The van der Waals surface area contributed by atoms with Crippen LogP contribution in [0.1, 0.15) is 36.5 Å². The van der Waals surface area contributed by atoms with Gasteiger partial charge in [0.05, 0.1) is 6.54 Å². The molecule has 1 unspecified atom stereocenters. The molecule has 2 N–H and O–H groups in total. The minimum Gasteiger partial charge on any atom is -0.356 e. The van der Waals surface area contributed by atoms with Crippen LogP contribution in [0.15, 0.2) is 35.3 Å². The van der Waals surface area contributed by atoms with Crippen LogP contribution >= 0.6 is 0 Å². The predicted octanol–water partition coefficient (Wildman–Crippen LogP) is 2.09. The Hall–Kier alpha value is -2.37. The Kier molecular flexibility index (Phi) is 4.66. The number of benzene rings is 1. The van der Waals surface area contributed by atoms with Crippen molar-refractivity contribution >= 4 is 5.96 Å². The van der Waals surface area contributed by atoms with Crippen LogP contribution < -0.4 is 10.6 Å². The van der Waals surface area contributed by atoms with Gasteiger partial charge in [-0.3, -0.25) is 4.99 Å². The minimum atomic E-state index is 0.346. The van der Waals surface area contributed by atoms with Crippen LogP contribution in [-0.4, -0.2) is 40.4 Å². The summed E-state index contributed by atoms with van der Waals surface area (Å²) < 4.78 is 2.03. The van der Waals surface area contributed by atoms with Gasteiger partial charge >= 0.3 is 0 Å². The van der Waals surface area contributed by atoms with E-state index in [1.807, 2.05) is 18.7 Å². The SMILES string of the molecule is CN=C(NCC1(Cc2ccccc2)CC1)NC1CCc2nc(C)nn2C1. The van der Waals surface area contributed by atoms with Gasteiger partial charge in [0.15, 0.2) is 5.96 Å². The fourth-order valence-electron chi connectivity index (χ4n) is 3.83. The zero-order valence-electron chi connectivity index (χ0n) is 15.7. The fourth-order valence-corrected chi connectivity index (χ4v) is 3.83. The Morgan fingerprint density at radius 1 is 1.31 bits per heavy atom. The molecule has 2 aliphatic rings. The number of fused-ring (bicyclic) bond motifs is 1. The predicted molar refractivity (Wildman–Crippen MR) is 103 cm³/mol. The van der Waals surface area contributed by atoms with Crippen molar-refractivity contribution in [1.29, 1.82) is 0 Å². The van der Waals surface area contributed by atoms with Gasteiger partial charge < -0.3 is 10.6 Å². The average molecular weight is 352 g/mol. The summed E-state index contributed by atoms with van der Waals surface area (Å²) in [6, 6.07) is 11.1. The third kappa shape index (κ3) is 3.89. The van der Waals surface area contributed by atoms with Crippen molar-refractivity contribution in [2.24, 2.45) is 10.4 Å². The molecule has 1 aliphatic carbocycles. The molecule has 6 heteroatoms. The van der Waals surface area contributed by atoms with Gasteiger partial charge in [0.1, 0.15) is 11.6 Å². The second kappa shape index (κ2) is 7.09. The van der Waals surface area contributed by atoms with Gasteiger partial charge in [-0.1, -0.05) is 30.3 Å². The van der Waals surface area contributed by atoms with Crippen LogP contribution in [0.5, 0.6) is 0 Å². The number of aromatic nitrogens is 3. The lowest BCUT2D eigenvalue weighted by molar-refractivity contribution is 0.390. The third-order valence-corrected chi connectivity index (χ3v) is 5.54. The smallest absolute Gasteiger partial charge is 0.191 e. The fraction of sp³-hybridized carbons (Fsp3) is 0.550. The summed E-state index contributed by atoms with van der Waals surface area (Å²) >= 11 is 0. The molecule has 138 valence electrons. The second-order valence-electron chi connectivity index (χ2n) is 7.73. The molecule has 0 bridgehead atoms. The van der Waals surface area contributed by atoms with E-state index in [1.165, 1.54) is 18.4 Å². The van der Waals surface area contributed by atoms with Crippen molar-refractivity contribution in [3.8, 4) is 0 Å². The number of aliphatic imine (C=N–C) groups is 1. The Morgan fingerprint density at radius 2 is 2.12 bits per heavy atom. The first kappa shape index (κ1) is 17.1. The standard InChI is InChI=1S/C20H28N6/c1-15-23-18-9-8-17(13-26(18)25-15)24-19(21-2)22-14-20(10-11-20)12-16-6-4-3-5-7-16/h3-7,17H,8-14H2,1-2H3,(H2,21,22,24). The highest BCUT2D eigenvalue weighted by atomic mass is 15.4. The first-order valence-corrected chi connectivity index (χ1v) is 9.57. The Morgan fingerprint density at radius 3 is 2.85 bits per heavy atom. The second-order valence-corrected chi connectivity index (χ2v) is 7.73. The van der Waals surface area contributed by atoms with E-state index in [9.17, 15) is 0 Å². The Bertz CT molecular complexity index is 775. The lowest BCUT2D eigenvalue weighted by Gasteiger charge is -2.26. The lowest BCUT2D eigenvalue weighted by Crippen LogP contribution is -2.48. The van der Waals surface area contributed by atoms with Gasteiger partial charge in [0.2, 0.25) is 0 Å². The number of hydrogen-bond donors (Lipinski definition) is 2. The van der Waals surface area contributed by atoms with Crippen molar-refractivity contribution < 1.29 is 0 Å². The lowest BCUT2D eigenvalue weighted by atomic mass is 9.96. The van der Waals surface area contributed by atoms with E-state index in [-0.39, 0.29) is 0 Å². The van der Waals surface area contributed by atoms with Crippen LogP contribution in [0.3, 0.4) is 0 Å². The van der Waals surface area contributed by atoms with Crippen LogP contribution in [0.4, 0.5) is 0 Å². The minimum absolute atomic E-state index is 0.346. The molecule has 2 heterocycles. The topological polar surface area (TPSA) is 67.1 Å². The molecule has 0 radical (unpaired) electrons.